The van der Waals surface area contributed by atoms with Crippen LogP contribution in [-0.4, -0.2) is 35.8 Å². The van der Waals surface area contributed by atoms with E-state index in [4.69, 9.17) is 9.47 Å². The van der Waals surface area contributed by atoms with Gasteiger partial charge in [0.1, 0.15) is 11.6 Å². The van der Waals surface area contributed by atoms with Crippen LogP contribution >= 0.6 is 0 Å². The van der Waals surface area contributed by atoms with E-state index in [1.165, 1.54) is 0 Å². The highest BCUT2D eigenvalue weighted by Gasteiger charge is 2.16. The van der Waals surface area contributed by atoms with Crippen LogP contribution in [0.5, 0.6) is 5.88 Å². The van der Waals surface area contributed by atoms with Gasteiger partial charge in [-0.1, -0.05) is 13.8 Å². The summed E-state index contributed by atoms with van der Waals surface area (Å²) in [7, 11) is 1.71. The van der Waals surface area contributed by atoms with Gasteiger partial charge in [-0.2, -0.15) is 4.98 Å². The quantitative estimate of drug-likeness (QED) is 0.793. The van der Waals surface area contributed by atoms with Crippen LogP contribution in [0.25, 0.3) is 0 Å². The SMILES string of the molecule is CCNc1cc(OCCC(C)(C)OC)nc(C(C)C)n1. The van der Waals surface area contributed by atoms with Gasteiger partial charge in [0, 0.05) is 32.1 Å². The van der Waals surface area contributed by atoms with Crippen molar-refractivity contribution in [3.63, 3.8) is 0 Å². The van der Waals surface area contributed by atoms with Gasteiger partial charge in [0.15, 0.2) is 0 Å². The van der Waals surface area contributed by atoms with Crippen LogP contribution in [0.3, 0.4) is 0 Å². The van der Waals surface area contributed by atoms with E-state index in [1.54, 1.807) is 7.11 Å². The van der Waals surface area contributed by atoms with Crippen LogP contribution in [0.2, 0.25) is 0 Å². The summed E-state index contributed by atoms with van der Waals surface area (Å²) in [4.78, 5) is 8.92. The van der Waals surface area contributed by atoms with Gasteiger partial charge in [-0.05, 0) is 20.8 Å². The number of methoxy groups -OCH3 is 1. The molecule has 1 aromatic heterocycles. The van der Waals surface area contributed by atoms with Crippen molar-refractivity contribution in [1.29, 1.82) is 0 Å². The lowest BCUT2D eigenvalue weighted by molar-refractivity contribution is 0.00506. The molecule has 0 aliphatic carbocycles. The van der Waals surface area contributed by atoms with Gasteiger partial charge in [-0.3, -0.25) is 0 Å². The molecule has 0 aliphatic heterocycles. The predicted octanol–water partition coefficient (Wildman–Crippen LogP) is 3.23. The minimum absolute atomic E-state index is 0.182. The maximum atomic E-state index is 5.75. The summed E-state index contributed by atoms with van der Waals surface area (Å²) in [5.41, 5.74) is -0.182. The molecule has 0 radical (unpaired) electrons. The Balaban J connectivity index is 2.73. The minimum atomic E-state index is -0.182. The van der Waals surface area contributed by atoms with Gasteiger partial charge < -0.3 is 14.8 Å². The van der Waals surface area contributed by atoms with Gasteiger partial charge in [0.2, 0.25) is 5.88 Å². The Kier molecular flexibility index (Phi) is 6.20. The van der Waals surface area contributed by atoms with Crippen molar-refractivity contribution in [3.05, 3.63) is 11.9 Å². The van der Waals surface area contributed by atoms with E-state index in [-0.39, 0.29) is 11.5 Å². The van der Waals surface area contributed by atoms with Crippen LogP contribution in [-0.2, 0) is 4.74 Å². The molecule has 0 unspecified atom stereocenters. The van der Waals surface area contributed by atoms with Crippen molar-refractivity contribution < 1.29 is 9.47 Å². The molecule has 20 heavy (non-hydrogen) atoms. The molecule has 0 spiro atoms. The van der Waals surface area contributed by atoms with Crippen LogP contribution < -0.4 is 10.1 Å². The summed E-state index contributed by atoms with van der Waals surface area (Å²) >= 11 is 0. The molecule has 0 aromatic carbocycles. The lowest BCUT2D eigenvalue weighted by Gasteiger charge is -2.22. The molecular weight excluding hydrogens is 254 g/mol. The Morgan fingerprint density at radius 3 is 2.55 bits per heavy atom. The molecule has 114 valence electrons. The third kappa shape index (κ3) is 5.33. The normalized spacial score (nSPS) is 11.8. The fourth-order valence-corrected chi connectivity index (χ4v) is 1.55. The lowest BCUT2D eigenvalue weighted by atomic mass is 10.1. The van der Waals surface area contributed by atoms with E-state index in [2.05, 4.69) is 29.1 Å². The number of hydrogen-bond donors (Lipinski definition) is 1. The maximum absolute atomic E-state index is 5.75. The van der Waals surface area contributed by atoms with Crippen LogP contribution in [0.1, 0.15) is 52.8 Å². The third-order valence-electron chi connectivity index (χ3n) is 3.10. The molecule has 1 rings (SSSR count). The Labute approximate surface area is 122 Å². The molecule has 0 fully saturated rings. The fourth-order valence-electron chi connectivity index (χ4n) is 1.55. The molecule has 1 aromatic rings. The van der Waals surface area contributed by atoms with Gasteiger partial charge in [0.25, 0.3) is 0 Å². The van der Waals surface area contributed by atoms with E-state index in [0.29, 0.717) is 12.5 Å². The van der Waals surface area contributed by atoms with Gasteiger partial charge in [-0.25, -0.2) is 4.98 Å². The van der Waals surface area contributed by atoms with E-state index in [9.17, 15) is 0 Å². The van der Waals surface area contributed by atoms with Gasteiger partial charge >= 0.3 is 0 Å². The average molecular weight is 281 g/mol. The summed E-state index contributed by atoms with van der Waals surface area (Å²) in [6.07, 6.45) is 0.807. The highest BCUT2D eigenvalue weighted by molar-refractivity contribution is 5.38. The smallest absolute Gasteiger partial charge is 0.218 e. The molecule has 1 N–H and O–H groups in total. The van der Waals surface area contributed by atoms with Crippen molar-refractivity contribution in [3.8, 4) is 5.88 Å². The zero-order valence-corrected chi connectivity index (χ0v) is 13.5. The number of nitrogens with zero attached hydrogens (tertiary/aromatic N) is 2. The van der Waals surface area contributed by atoms with Crippen molar-refractivity contribution in [1.82, 2.24) is 9.97 Å². The Bertz CT molecular complexity index is 420. The molecule has 0 saturated carbocycles. The third-order valence-corrected chi connectivity index (χ3v) is 3.10. The summed E-state index contributed by atoms with van der Waals surface area (Å²) in [5.74, 6) is 2.49. The van der Waals surface area contributed by atoms with E-state index < -0.39 is 0 Å². The van der Waals surface area contributed by atoms with E-state index in [1.807, 2.05) is 26.8 Å². The van der Waals surface area contributed by atoms with Gasteiger partial charge in [0.05, 0.1) is 12.2 Å². The zero-order valence-electron chi connectivity index (χ0n) is 13.5. The van der Waals surface area contributed by atoms with Crippen molar-refractivity contribution in [2.45, 2.75) is 52.6 Å². The predicted molar refractivity (Wildman–Crippen MR) is 81.5 cm³/mol. The van der Waals surface area contributed by atoms with Crippen molar-refractivity contribution in [2.24, 2.45) is 0 Å². The molecule has 0 aliphatic rings. The first-order valence-electron chi connectivity index (χ1n) is 7.18. The first-order chi connectivity index (χ1) is 9.38. The maximum Gasteiger partial charge on any atom is 0.218 e. The summed E-state index contributed by atoms with van der Waals surface area (Å²) in [5, 5.41) is 3.21. The summed E-state index contributed by atoms with van der Waals surface area (Å²) in [6.45, 7) is 11.7. The first-order valence-corrected chi connectivity index (χ1v) is 7.18. The molecule has 0 atom stereocenters. The number of ether oxygens (including phenoxy) is 2. The highest BCUT2D eigenvalue weighted by atomic mass is 16.5. The first kappa shape index (κ1) is 16.7. The molecule has 0 amide bonds. The summed E-state index contributed by atoms with van der Waals surface area (Å²) in [6, 6.07) is 1.84. The standard InChI is InChI=1S/C15H27N3O2/c1-7-16-12-10-13(18-14(17-12)11(2)3)20-9-8-15(4,5)19-6/h10-11H,7-9H2,1-6H3,(H,16,17,18). The molecule has 5 nitrogen and oxygen atoms in total. The Morgan fingerprint density at radius 2 is 2.00 bits per heavy atom. The number of hydrogen-bond acceptors (Lipinski definition) is 5. The second-order valence-corrected chi connectivity index (χ2v) is 5.70. The largest absolute Gasteiger partial charge is 0.477 e. The number of anilines is 1. The minimum Gasteiger partial charge on any atom is -0.477 e. The average Bonchev–Trinajstić information content (AvgIpc) is 2.38. The molecule has 0 bridgehead atoms. The molecule has 5 heteroatoms. The Morgan fingerprint density at radius 1 is 1.30 bits per heavy atom. The van der Waals surface area contributed by atoms with Crippen molar-refractivity contribution >= 4 is 5.82 Å². The monoisotopic (exact) mass is 281 g/mol. The van der Waals surface area contributed by atoms with E-state index >= 15 is 0 Å². The second-order valence-electron chi connectivity index (χ2n) is 5.70. The molecule has 1 heterocycles. The zero-order chi connectivity index (χ0) is 15.2. The molecule has 0 saturated heterocycles. The lowest BCUT2D eigenvalue weighted by Crippen LogP contribution is -2.25. The number of nitrogens with one attached hydrogen (secondary N) is 1. The van der Waals surface area contributed by atoms with Crippen LogP contribution in [0.15, 0.2) is 6.07 Å². The number of rotatable bonds is 8. The number of aromatic nitrogens is 2. The topological polar surface area (TPSA) is 56.3 Å². The van der Waals surface area contributed by atoms with E-state index in [0.717, 1.165) is 24.6 Å². The van der Waals surface area contributed by atoms with Gasteiger partial charge in [-0.15, -0.1) is 0 Å². The fraction of sp³-hybridized carbons (Fsp3) is 0.733. The highest BCUT2D eigenvalue weighted by Crippen LogP contribution is 2.20. The Hall–Kier alpha value is -1.36. The van der Waals surface area contributed by atoms with Crippen LogP contribution in [0, 0.1) is 0 Å². The van der Waals surface area contributed by atoms with Crippen molar-refractivity contribution in [2.75, 3.05) is 25.6 Å². The summed E-state index contributed by atoms with van der Waals surface area (Å²) < 4.78 is 11.1. The van der Waals surface area contributed by atoms with Crippen LogP contribution in [0.4, 0.5) is 5.82 Å². The second kappa shape index (κ2) is 7.43. The molecular formula is C15H27N3O2.